The van der Waals surface area contributed by atoms with Crippen LogP contribution in [0.2, 0.25) is 4.34 Å². The molecule has 0 aliphatic heterocycles. The van der Waals surface area contributed by atoms with E-state index in [2.05, 4.69) is 5.32 Å². The smallest absolute Gasteiger partial charge is 0.180 e. The molecular formula is C10H12ClNOS. The molecule has 0 saturated heterocycles. The monoisotopic (exact) mass is 229 g/mol. The van der Waals surface area contributed by atoms with Crippen LogP contribution in [-0.2, 0) is 0 Å². The quantitative estimate of drug-likeness (QED) is 0.805. The van der Waals surface area contributed by atoms with Crippen LogP contribution in [0.4, 0.5) is 0 Å². The van der Waals surface area contributed by atoms with Gasteiger partial charge in [-0.15, -0.1) is 11.3 Å². The Kier molecular flexibility index (Phi) is 2.64. The zero-order valence-corrected chi connectivity index (χ0v) is 9.54. The van der Waals surface area contributed by atoms with E-state index in [-0.39, 0.29) is 11.2 Å². The van der Waals surface area contributed by atoms with Gasteiger partial charge in [-0.2, -0.15) is 0 Å². The fourth-order valence-electron chi connectivity index (χ4n) is 1.67. The predicted molar refractivity (Wildman–Crippen MR) is 59.3 cm³/mol. The van der Waals surface area contributed by atoms with Crippen molar-refractivity contribution in [3.63, 3.8) is 0 Å². The minimum atomic E-state index is -0.122. The lowest BCUT2D eigenvalue weighted by Crippen LogP contribution is -2.27. The Morgan fingerprint density at radius 2 is 2.36 bits per heavy atom. The van der Waals surface area contributed by atoms with Crippen molar-refractivity contribution in [2.75, 3.05) is 13.6 Å². The molecule has 2 nitrogen and oxygen atoms in total. The molecule has 4 heteroatoms. The first-order valence-electron chi connectivity index (χ1n) is 4.63. The standard InChI is InChI=1S/C10H12ClNOS/c1-12-6-10(4-5-10)9(13)7-2-3-8(11)14-7/h2-3,12H,4-6H2,1H3. The molecule has 76 valence electrons. The van der Waals surface area contributed by atoms with Gasteiger partial charge < -0.3 is 5.32 Å². The van der Waals surface area contributed by atoms with Crippen LogP contribution < -0.4 is 5.32 Å². The first kappa shape index (κ1) is 10.1. The van der Waals surface area contributed by atoms with E-state index in [4.69, 9.17) is 11.6 Å². The summed E-state index contributed by atoms with van der Waals surface area (Å²) in [6, 6.07) is 3.61. The fraction of sp³-hybridized carbons (Fsp3) is 0.500. The number of nitrogens with one attached hydrogen (secondary N) is 1. The molecule has 1 aromatic heterocycles. The van der Waals surface area contributed by atoms with E-state index in [0.717, 1.165) is 24.3 Å². The Morgan fingerprint density at radius 1 is 1.64 bits per heavy atom. The molecule has 0 bridgehead atoms. The van der Waals surface area contributed by atoms with Crippen molar-refractivity contribution in [2.45, 2.75) is 12.8 Å². The zero-order chi connectivity index (χ0) is 10.2. The average molecular weight is 230 g/mol. The van der Waals surface area contributed by atoms with Crippen LogP contribution in [0.1, 0.15) is 22.5 Å². The van der Waals surface area contributed by atoms with E-state index in [1.807, 2.05) is 13.1 Å². The van der Waals surface area contributed by atoms with Gasteiger partial charge in [-0.05, 0) is 32.0 Å². The van der Waals surface area contributed by atoms with Crippen LogP contribution in [-0.4, -0.2) is 19.4 Å². The number of rotatable bonds is 4. The third-order valence-corrected chi connectivity index (χ3v) is 3.88. The minimum absolute atomic E-state index is 0.122. The molecule has 2 rings (SSSR count). The summed E-state index contributed by atoms with van der Waals surface area (Å²) in [6.07, 6.45) is 2.00. The summed E-state index contributed by atoms with van der Waals surface area (Å²) in [4.78, 5) is 12.8. The lowest BCUT2D eigenvalue weighted by Gasteiger charge is -2.11. The molecule has 1 heterocycles. The van der Waals surface area contributed by atoms with Crippen LogP contribution in [0.25, 0.3) is 0 Å². The van der Waals surface area contributed by atoms with Crippen molar-refractivity contribution in [3.8, 4) is 0 Å². The molecular weight excluding hydrogens is 218 g/mol. The number of hydrogen-bond acceptors (Lipinski definition) is 3. The molecule has 1 saturated carbocycles. The molecule has 0 atom stereocenters. The summed E-state index contributed by atoms with van der Waals surface area (Å²) in [6.45, 7) is 0.779. The highest BCUT2D eigenvalue weighted by atomic mass is 35.5. The van der Waals surface area contributed by atoms with E-state index < -0.39 is 0 Å². The number of ketones is 1. The van der Waals surface area contributed by atoms with Gasteiger partial charge in [-0.1, -0.05) is 11.6 Å². The molecule has 1 N–H and O–H groups in total. The van der Waals surface area contributed by atoms with Gasteiger partial charge in [0.1, 0.15) is 0 Å². The first-order valence-corrected chi connectivity index (χ1v) is 5.82. The molecule has 0 unspecified atom stereocenters. The SMILES string of the molecule is CNCC1(C(=O)c2ccc(Cl)s2)CC1. The second-order valence-electron chi connectivity index (χ2n) is 3.74. The lowest BCUT2D eigenvalue weighted by molar-refractivity contribution is 0.0904. The Bertz CT molecular complexity index is 357. The predicted octanol–water partition coefficient (Wildman–Crippen LogP) is 2.58. The summed E-state index contributed by atoms with van der Waals surface area (Å²) in [5.41, 5.74) is -0.122. The van der Waals surface area contributed by atoms with Crippen LogP contribution in [0, 0.1) is 5.41 Å². The van der Waals surface area contributed by atoms with Gasteiger partial charge in [0.15, 0.2) is 5.78 Å². The van der Waals surface area contributed by atoms with E-state index in [9.17, 15) is 4.79 Å². The van der Waals surface area contributed by atoms with Crippen molar-refractivity contribution in [2.24, 2.45) is 5.41 Å². The Hall–Kier alpha value is -0.380. The highest BCUT2D eigenvalue weighted by Gasteiger charge is 2.49. The maximum Gasteiger partial charge on any atom is 0.180 e. The minimum Gasteiger partial charge on any atom is -0.319 e. The van der Waals surface area contributed by atoms with Crippen molar-refractivity contribution < 1.29 is 4.79 Å². The number of carbonyl (C=O) groups excluding carboxylic acids is 1. The van der Waals surface area contributed by atoms with Gasteiger partial charge in [0.2, 0.25) is 0 Å². The second kappa shape index (κ2) is 3.65. The maximum absolute atomic E-state index is 12.0. The van der Waals surface area contributed by atoms with Gasteiger partial charge in [0.05, 0.1) is 9.21 Å². The lowest BCUT2D eigenvalue weighted by atomic mass is 10.00. The third kappa shape index (κ3) is 1.72. The number of hydrogen-bond donors (Lipinski definition) is 1. The van der Waals surface area contributed by atoms with Crippen molar-refractivity contribution in [1.82, 2.24) is 5.32 Å². The Morgan fingerprint density at radius 3 is 2.79 bits per heavy atom. The molecule has 0 spiro atoms. The number of halogens is 1. The molecule has 1 aromatic rings. The van der Waals surface area contributed by atoms with Gasteiger partial charge in [-0.3, -0.25) is 4.79 Å². The summed E-state index contributed by atoms with van der Waals surface area (Å²) in [5.74, 6) is 0.253. The molecule has 0 amide bonds. The second-order valence-corrected chi connectivity index (χ2v) is 5.46. The average Bonchev–Trinajstić information content (AvgIpc) is 2.81. The van der Waals surface area contributed by atoms with Gasteiger partial charge in [-0.25, -0.2) is 0 Å². The highest BCUT2D eigenvalue weighted by Crippen LogP contribution is 2.48. The normalized spacial score (nSPS) is 18.1. The number of carbonyl (C=O) groups is 1. The molecule has 0 radical (unpaired) electrons. The number of Topliss-reactive ketones (excluding diaryl/α,β-unsaturated/α-hetero) is 1. The maximum atomic E-state index is 12.0. The largest absolute Gasteiger partial charge is 0.319 e. The van der Waals surface area contributed by atoms with Gasteiger partial charge in [0.25, 0.3) is 0 Å². The molecule has 1 fully saturated rings. The molecule has 0 aromatic carbocycles. The van der Waals surface area contributed by atoms with Crippen LogP contribution in [0.5, 0.6) is 0 Å². The fourth-order valence-corrected chi connectivity index (χ4v) is 2.77. The summed E-state index contributed by atoms with van der Waals surface area (Å²) in [7, 11) is 1.88. The van der Waals surface area contributed by atoms with Crippen molar-refractivity contribution in [3.05, 3.63) is 21.3 Å². The molecule has 1 aliphatic rings. The van der Waals surface area contributed by atoms with E-state index in [1.54, 1.807) is 6.07 Å². The first-order chi connectivity index (χ1) is 6.68. The van der Waals surface area contributed by atoms with Crippen LogP contribution in [0.3, 0.4) is 0 Å². The van der Waals surface area contributed by atoms with E-state index in [1.165, 1.54) is 11.3 Å². The van der Waals surface area contributed by atoms with E-state index in [0.29, 0.717) is 4.34 Å². The summed E-state index contributed by atoms with van der Waals surface area (Å²) in [5, 5.41) is 3.08. The summed E-state index contributed by atoms with van der Waals surface area (Å²) < 4.78 is 0.689. The van der Waals surface area contributed by atoms with E-state index >= 15 is 0 Å². The summed E-state index contributed by atoms with van der Waals surface area (Å²) >= 11 is 7.18. The number of thiophene rings is 1. The van der Waals surface area contributed by atoms with Crippen molar-refractivity contribution in [1.29, 1.82) is 0 Å². The Labute approximate surface area is 92.3 Å². The Balaban J connectivity index is 2.16. The van der Waals surface area contributed by atoms with Crippen LogP contribution >= 0.6 is 22.9 Å². The van der Waals surface area contributed by atoms with Gasteiger partial charge in [0, 0.05) is 12.0 Å². The third-order valence-electron chi connectivity index (χ3n) is 2.65. The molecule has 14 heavy (non-hydrogen) atoms. The highest BCUT2D eigenvalue weighted by molar-refractivity contribution is 7.18. The zero-order valence-electron chi connectivity index (χ0n) is 7.97. The van der Waals surface area contributed by atoms with Crippen LogP contribution in [0.15, 0.2) is 12.1 Å². The topological polar surface area (TPSA) is 29.1 Å². The van der Waals surface area contributed by atoms with Gasteiger partial charge >= 0.3 is 0 Å². The molecule has 1 aliphatic carbocycles. The van der Waals surface area contributed by atoms with Crippen molar-refractivity contribution >= 4 is 28.7 Å².